The number of H-pyrrole nitrogens is 1. The highest BCUT2D eigenvalue weighted by Crippen LogP contribution is 2.13. The molecule has 0 saturated carbocycles. The minimum absolute atomic E-state index is 0.153. The molecule has 6 nitrogen and oxygen atoms in total. The quantitative estimate of drug-likeness (QED) is 0.603. The summed E-state index contributed by atoms with van der Waals surface area (Å²) in [4.78, 5) is 26.1. The van der Waals surface area contributed by atoms with E-state index in [0.717, 1.165) is 11.3 Å². The van der Waals surface area contributed by atoms with Gasteiger partial charge in [0.2, 0.25) is 0 Å². The molecule has 25 heavy (non-hydrogen) atoms. The summed E-state index contributed by atoms with van der Waals surface area (Å²) < 4.78 is 6.93. The van der Waals surface area contributed by atoms with Gasteiger partial charge in [0.15, 0.2) is 5.58 Å². The summed E-state index contributed by atoms with van der Waals surface area (Å²) in [6, 6.07) is 16.6. The number of hydrogen-bond donors (Lipinski definition) is 2. The summed E-state index contributed by atoms with van der Waals surface area (Å²) >= 11 is 0. The van der Waals surface area contributed by atoms with Gasteiger partial charge in [0.1, 0.15) is 0 Å². The molecule has 2 aromatic heterocycles. The van der Waals surface area contributed by atoms with Crippen molar-refractivity contribution in [1.29, 1.82) is 0 Å². The molecule has 124 valence electrons. The van der Waals surface area contributed by atoms with Crippen molar-refractivity contribution in [1.82, 2.24) is 14.9 Å². The van der Waals surface area contributed by atoms with Crippen LogP contribution in [0.1, 0.15) is 15.9 Å². The molecule has 2 aromatic carbocycles. The molecule has 0 fully saturated rings. The zero-order chi connectivity index (χ0) is 17.2. The average molecular weight is 333 g/mol. The van der Waals surface area contributed by atoms with Gasteiger partial charge in [-0.15, -0.1) is 0 Å². The molecule has 6 heteroatoms. The van der Waals surface area contributed by atoms with E-state index >= 15 is 0 Å². The van der Waals surface area contributed by atoms with E-state index in [4.69, 9.17) is 4.42 Å². The van der Waals surface area contributed by atoms with Crippen molar-refractivity contribution in [3.63, 3.8) is 0 Å². The number of aromatic amines is 1. The number of oxazole rings is 1. The lowest BCUT2D eigenvalue weighted by Crippen LogP contribution is -2.22. The van der Waals surface area contributed by atoms with E-state index in [1.807, 2.05) is 47.3 Å². The third-order valence-corrected chi connectivity index (χ3v) is 3.97. The largest absolute Gasteiger partial charge is 0.417 e. The van der Waals surface area contributed by atoms with Crippen LogP contribution in [0.2, 0.25) is 0 Å². The van der Waals surface area contributed by atoms with Gasteiger partial charge in [0.05, 0.1) is 5.52 Å². The van der Waals surface area contributed by atoms with Crippen LogP contribution < -0.4 is 11.1 Å². The molecule has 0 aliphatic carbocycles. The molecular weight excluding hydrogens is 318 g/mol. The average Bonchev–Trinajstić information content (AvgIpc) is 3.28. The highest BCUT2D eigenvalue weighted by molar-refractivity contribution is 5.94. The molecule has 0 saturated heterocycles. The Balaban J connectivity index is 1.45. The minimum Gasteiger partial charge on any atom is -0.408 e. The topological polar surface area (TPSA) is 80.0 Å². The summed E-state index contributed by atoms with van der Waals surface area (Å²) in [6.07, 6.45) is 3.90. The monoisotopic (exact) mass is 333 g/mol. The Morgan fingerprint density at radius 3 is 2.60 bits per heavy atom. The van der Waals surface area contributed by atoms with Crippen LogP contribution >= 0.6 is 0 Å². The van der Waals surface area contributed by atoms with E-state index < -0.39 is 5.76 Å². The second-order valence-corrected chi connectivity index (χ2v) is 5.66. The Bertz CT molecular complexity index is 1070. The molecule has 2 N–H and O–H groups in total. The molecule has 0 atom stereocenters. The van der Waals surface area contributed by atoms with Crippen LogP contribution in [0, 0.1) is 0 Å². The number of carbonyl (C=O) groups excluding carboxylic acids is 1. The van der Waals surface area contributed by atoms with E-state index in [1.54, 1.807) is 24.3 Å². The lowest BCUT2D eigenvalue weighted by molar-refractivity contribution is 0.0951. The summed E-state index contributed by atoms with van der Waals surface area (Å²) in [5, 5.41) is 2.87. The van der Waals surface area contributed by atoms with E-state index in [2.05, 4.69) is 10.3 Å². The van der Waals surface area contributed by atoms with Gasteiger partial charge in [0, 0.05) is 30.2 Å². The highest BCUT2D eigenvalue weighted by atomic mass is 16.4. The number of rotatable bonds is 4. The number of benzene rings is 2. The van der Waals surface area contributed by atoms with Crippen LogP contribution in [0.5, 0.6) is 0 Å². The van der Waals surface area contributed by atoms with E-state index in [1.165, 1.54) is 0 Å². The molecule has 0 aliphatic heterocycles. The Hall–Kier alpha value is -3.54. The zero-order valence-corrected chi connectivity index (χ0v) is 13.2. The van der Waals surface area contributed by atoms with Crippen LogP contribution in [-0.2, 0) is 6.54 Å². The van der Waals surface area contributed by atoms with Gasteiger partial charge in [-0.1, -0.05) is 6.07 Å². The van der Waals surface area contributed by atoms with Crippen LogP contribution in [0.25, 0.3) is 16.8 Å². The number of hydrogen-bond acceptors (Lipinski definition) is 3. The van der Waals surface area contributed by atoms with Gasteiger partial charge in [-0.25, -0.2) is 4.79 Å². The molecule has 0 radical (unpaired) electrons. The lowest BCUT2D eigenvalue weighted by atomic mass is 10.1. The molecule has 4 aromatic rings. The number of fused-ring (bicyclic) bond motifs is 1. The van der Waals surface area contributed by atoms with Crippen LogP contribution in [0.15, 0.2) is 76.2 Å². The van der Waals surface area contributed by atoms with Crippen molar-refractivity contribution in [2.75, 3.05) is 0 Å². The first-order chi connectivity index (χ1) is 12.2. The molecule has 1 amide bonds. The third-order valence-electron chi connectivity index (χ3n) is 3.97. The predicted molar refractivity (Wildman–Crippen MR) is 93.8 cm³/mol. The summed E-state index contributed by atoms with van der Waals surface area (Å²) in [5.74, 6) is -0.640. The van der Waals surface area contributed by atoms with Gasteiger partial charge in [0.25, 0.3) is 5.91 Å². The molecular formula is C19H15N3O3. The molecule has 0 unspecified atom stereocenters. The van der Waals surface area contributed by atoms with Gasteiger partial charge in [-0.3, -0.25) is 9.78 Å². The zero-order valence-electron chi connectivity index (χ0n) is 13.2. The summed E-state index contributed by atoms with van der Waals surface area (Å²) in [7, 11) is 0. The normalized spacial score (nSPS) is 10.9. The standard InChI is InChI=1S/C19H15N3O3/c23-18(14-4-6-15(7-5-14)22-9-1-2-10-22)20-12-13-3-8-17-16(11-13)21-19(24)25-17/h1-11H,12H2,(H,20,23)(H,21,24). The molecule has 0 aliphatic rings. The van der Waals surface area contributed by atoms with E-state index in [9.17, 15) is 9.59 Å². The fourth-order valence-corrected chi connectivity index (χ4v) is 2.69. The Kier molecular flexibility index (Phi) is 3.70. The van der Waals surface area contributed by atoms with E-state index in [-0.39, 0.29) is 5.91 Å². The molecule has 2 heterocycles. The maximum atomic E-state index is 12.3. The SMILES string of the molecule is O=C(NCc1ccc2oc(=O)[nH]c2c1)c1ccc(-n2cccc2)cc1. The van der Waals surface area contributed by atoms with Crippen LogP contribution in [0.3, 0.4) is 0 Å². The molecule has 0 bridgehead atoms. The van der Waals surface area contributed by atoms with Crippen molar-refractivity contribution in [2.24, 2.45) is 0 Å². The predicted octanol–water partition coefficient (Wildman–Crippen LogP) is 2.84. The maximum absolute atomic E-state index is 12.3. The second kappa shape index (κ2) is 6.16. The van der Waals surface area contributed by atoms with E-state index in [0.29, 0.717) is 23.2 Å². The first kappa shape index (κ1) is 15.0. The Labute approximate surface area is 142 Å². The number of nitrogens with one attached hydrogen (secondary N) is 2. The van der Waals surface area contributed by atoms with Gasteiger partial charge in [-0.05, 0) is 54.1 Å². The van der Waals surface area contributed by atoms with Crippen molar-refractivity contribution < 1.29 is 9.21 Å². The number of amides is 1. The van der Waals surface area contributed by atoms with Crippen LogP contribution in [0.4, 0.5) is 0 Å². The number of carbonyl (C=O) groups is 1. The number of nitrogens with zero attached hydrogens (tertiary/aromatic N) is 1. The van der Waals surface area contributed by atoms with Gasteiger partial charge < -0.3 is 14.3 Å². The van der Waals surface area contributed by atoms with Crippen molar-refractivity contribution in [2.45, 2.75) is 6.54 Å². The second-order valence-electron chi connectivity index (χ2n) is 5.66. The first-order valence-corrected chi connectivity index (χ1v) is 7.82. The lowest BCUT2D eigenvalue weighted by Gasteiger charge is -2.07. The van der Waals surface area contributed by atoms with Crippen molar-refractivity contribution in [3.8, 4) is 5.69 Å². The number of aromatic nitrogens is 2. The van der Waals surface area contributed by atoms with Crippen molar-refractivity contribution >= 4 is 17.0 Å². The Morgan fingerprint density at radius 2 is 1.84 bits per heavy atom. The van der Waals surface area contributed by atoms with Crippen LogP contribution in [-0.4, -0.2) is 15.5 Å². The fraction of sp³-hybridized carbons (Fsp3) is 0.0526. The summed E-state index contributed by atoms with van der Waals surface area (Å²) in [5.41, 5.74) is 3.58. The Morgan fingerprint density at radius 1 is 1.08 bits per heavy atom. The highest BCUT2D eigenvalue weighted by Gasteiger charge is 2.07. The van der Waals surface area contributed by atoms with Gasteiger partial charge in [-0.2, -0.15) is 0 Å². The minimum atomic E-state index is -0.487. The first-order valence-electron chi connectivity index (χ1n) is 7.82. The summed E-state index contributed by atoms with van der Waals surface area (Å²) in [6.45, 7) is 0.362. The third kappa shape index (κ3) is 3.10. The van der Waals surface area contributed by atoms with Crippen molar-refractivity contribution in [3.05, 3.63) is 88.7 Å². The maximum Gasteiger partial charge on any atom is 0.417 e. The van der Waals surface area contributed by atoms with Gasteiger partial charge >= 0.3 is 5.76 Å². The smallest absolute Gasteiger partial charge is 0.408 e. The molecule has 0 spiro atoms. The molecule has 4 rings (SSSR count). The fourth-order valence-electron chi connectivity index (χ4n) is 2.69.